The van der Waals surface area contributed by atoms with Crippen molar-refractivity contribution < 1.29 is 9.53 Å². The van der Waals surface area contributed by atoms with Crippen LogP contribution in [-0.4, -0.2) is 73.7 Å². The van der Waals surface area contributed by atoms with E-state index < -0.39 is 0 Å². The van der Waals surface area contributed by atoms with Gasteiger partial charge >= 0.3 is 0 Å². The van der Waals surface area contributed by atoms with Crippen molar-refractivity contribution in [3.05, 3.63) is 23.9 Å². The van der Waals surface area contributed by atoms with Gasteiger partial charge in [-0.3, -0.25) is 14.7 Å². The molecule has 2 heterocycles. The molecule has 9 heteroatoms. The van der Waals surface area contributed by atoms with Crippen LogP contribution in [0.1, 0.15) is 39.2 Å². The number of carbonyl (C=O) groups excluding carboxylic acids is 1. The van der Waals surface area contributed by atoms with E-state index in [9.17, 15) is 4.79 Å². The molecule has 0 bridgehead atoms. The molecular weight excluding hydrogens is 507 g/mol. The van der Waals surface area contributed by atoms with Gasteiger partial charge in [-0.15, -0.1) is 24.0 Å². The summed E-state index contributed by atoms with van der Waals surface area (Å²) in [5.41, 5.74) is 1.06. The van der Waals surface area contributed by atoms with Gasteiger partial charge in [-0.05, 0) is 37.8 Å². The summed E-state index contributed by atoms with van der Waals surface area (Å²) in [4.78, 5) is 23.7. The number of aryl methyl sites for hydroxylation is 1. The first-order chi connectivity index (χ1) is 14.5. The lowest BCUT2D eigenvalue weighted by atomic mass is 10.0. The number of rotatable bonds is 10. The smallest absolute Gasteiger partial charge is 0.227 e. The molecule has 1 unspecified atom stereocenters. The molecule has 8 nitrogen and oxygen atoms in total. The predicted octanol–water partition coefficient (Wildman–Crippen LogP) is 2.64. The van der Waals surface area contributed by atoms with Crippen LogP contribution in [0.3, 0.4) is 0 Å². The van der Waals surface area contributed by atoms with E-state index in [-0.39, 0.29) is 29.9 Å². The van der Waals surface area contributed by atoms with Crippen molar-refractivity contribution in [2.45, 2.75) is 46.6 Å². The van der Waals surface area contributed by atoms with Crippen LogP contribution in [0, 0.1) is 12.8 Å². The van der Waals surface area contributed by atoms with Gasteiger partial charge in [0.05, 0.1) is 19.8 Å². The molecule has 0 aliphatic carbocycles. The third-order valence-electron chi connectivity index (χ3n) is 4.93. The van der Waals surface area contributed by atoms with Gasteiger partial charge in [-0.25, -0.2) is 4.98 Å². The Bertz CT molecular complexity index is 662. The van der Waals surface area contributed by atoms with Crippen LogP contribution in [0.15, 0.2) is 23.3 Å². The van der Waals surface area contributed by atoms with E-state index in [1.165, 1.54) is 0 Å². The van der Waals surface area contributed by atoms with Gasteiger partial charge in [0.25, 0.3) is 0 Å². The predicted molar refractivity (Wildman–Crippen MR) is 137 cm³/mol. The minimum Gasteiger partial charge on any atom is -0.379 e. The van der Waals surface area contributed by atoms with Crippen molar-refractivity contribution in [3.63, 3.8) is 0 Å². The number of aliphatic imine (C=N–C) groups is 1. The molecule has 1 saturated heterocycles. The molecule has 1 aromatic heterocycles. The van der Waals surface area contributed by atoms with Crippen molar-refractivity contribution in [1.82, 2.24) is 20.5 Å². The standard InChI is InChI=1S/C22H38N6O2.HI/c1-5-23-22(24-9-8-21(29)27-20-7-6-18(4)15-25-20)26-16-19(14-17(2)3)28-10-12-30-13-11-28;/h6-7,15,17,19H,5,8-14,16H2,1-4H3,(H2,23,24,26)(H,25,27,29);1H. The fourth-order valence-electron chi connectivity index (χ4n) is 3.41. The second-order valence-corrected chi connectivity index (χ2v) is 8.10. The number of carbonyl (C=O) groups is 1. The van der Waals surface area contributed by atoms with Gasteiger partial charge in [0.2, 0.25) is 5.91 Å². The van der Waals surface area contributed by atoms with E-state index in [4.69, 9.17) is 9.73 Å². The number of nitrogens with one attached hydrogen (secondary N) is 3. The summed E-state index contributed by atoms with van der Waals surface area (Å²) in [7, 11) is 0. The van der Waals surface area contributed by atoms with Crippen molar-refractivity contribution in [1.29, 1.82) is 0 Å². The third-order valence-corrected chi connectivity index (χ3v) is 4.93. The average Bonchev–Trinajstić information content (AvgIpc) is 2.73. The molecule has 2 rings (SSSR count). The second-order valence-electron chi connectivity index (χ2n) is 8.10. The highest BCUT2D eigenvalue weighted by Crippen LogP contribution is 2.14. The molecule has 176 valence electrons. The maximum Gasteiger partial charge on any atom is 0.227 e. The zero-order chi connectivity index (χ0) is 21.8. The number of pyridine rings is 1. The molecule has 31 heavy (non-hydrogen) atoms. The zero-order valence-corrected chi connectivity index (χ0v) is 21.6. The summed E-state index contributed by atoms with van der Waals surface area (Å²) in [6.07, 6.45) is 3.19. The summed E-state index contributed by atoms with van der Waals surface area (Å²) in [6.45, 7) is 14.0. The molecule has 0 aromatic carbocycles. The number of anilines is 1. The Kier molecular flexibility index (Phi) is 13.7. The fourth-order valence-corrected chi connectivity index (χ4v) is 3.41. The van der Waals surface area contributed by atoms with Crippen molar-refractivity contribution in [2.75, 3.05) is 51.3 Å². The molecule has 1 aliphatic heterocycles. The first-order valence-electron chi connectivity index (χ1n) is 11.0. The molecule has 1 fully saturated rings. The molecular formula is C22H39IN6O2. The summed E-state index contributed by atoms with van der Waals surface area (Å²) < 4.78 is 5.50. The molecule has 1 aromatic rings. The molecule has 1 amide bonds. The largest absolute Gasteiger partial charge is 0.379 e. The third kappa shape index (κ3) is 11.1. The average molecular weight is 546 g/mol. The maximum atomic E-state index is 12.2. The van der Waals surface area contributed by atoms with E-state index in [0.29, 0.717) is 30.7 Å². The Hall–Kier alpha value is -1.46. The minimum absolute atomic E-state index is 0. The van der Waals surface area contributed by atoms with Crippen LogP contribution in [0.4, 0.5) is 5.82 Å². The Balaban J connectivity index is 0.00000480. The lowest BCUT2D eigenvalue weighted by Gasteiger charge is -2.34. The first kappa shape index (κ1) is 27.6. The monoisotopic (exact) mass is 546 g/mol. The second kappa shape index (κ2) is 15.4. The van der Waals surface area contributed by atoms with Crippen molar-refractivity contribution >= 4 is 41.7 Å². The molecule has 0 spiro atoms. The van der Waals surface area contributed by atoms with Gasteiger partial charge in [0, 0.05) is 44.8 Å². The zero-order valence-electron chi connectivity index (χ0n) is 19.3. The maximum absolute atomic E-state index is 12.2. The van der Waals surface area contributed by atoms with Gasteiger partial charge in [0.1, 0.15) is 5.82 Å². The number of morpholine rings is 1. The highest BCUT2D eigenvalue weighted by atomic mass is 127. The minimum atomic E-state index is -0.0688. The fraction of sp³-hybridized carbons (Fsp3) is 0.682. The molecule has 3 N–H and O–H groups in total. The highest BCUT2D eigenvalue weighted by Gasteiger charge is 2.21. The van der Waals surface area contributed by atoms with Crippen molar-refractivity contribution in [2.24, 2.45) is 10.9 Å². The Labute approximate surface area is 204 Å². The Morgan fingerprint density at radius 1 is 1.26 bits per heavy atom. The van der Waals surface area contributed by atoms with E-state index in [0.717, 1.165) is 57.3 Å². The van der Waals surface area contributed by atoms with Gasteiger partial charge < -0.3 is 20.7 Å². The van der Waals surface area contributed by atoms with Crippen LogP contribution in [0.5, 0.6) is 0 Å². The number of hydrogen-bond acceptors (Lipinski definition) is 5. The number of guanidine groups is 1. The van der Waals surface area contributed by atoms with Crippen LogP contribution in [-0.2, 0) is 9.53 Å². The highest BCUT2D eigenvalue weighted by molar-refractivity contribution is 14.0. The van der Waals surface area contributed by atoms with E-state index in [2.05, 4.69) is 39.7 Å². The number of ether oxygens (including phenoxy) is 1. The quantitative estimate of drug-likeness (QED) is 0.238. The number of halogens is 1. The Morgan fingerprint density at radius 2 is 2.00 bits per heavy atom. The lowest BCUT2D eigenvalue weighted by molar-refractivity contribution is -0.116. The van der Waals surface area contributed by atoms with Crippen molar-refractivity contribution in [3.8, 4) is 0 Å². The summed E-state index contributed by atoms with van der Waals surface area (Å²) in [5, 5.41) is 9.37. The number of hydrogen-bond donors (Lipinski definition) is 3. The van der Waals surface area contributed by atoms with Gasteiger partial charge in [-0.2, -0.15) is 0 Å². The molecule has 1 aliphatic rings. The van der Waals surface area contributed by atoms with Gasteiger partial charge in [0.15, 0.2) is 5.96 Å². The molecule has 0 radical (unpaired) electrons. The Morgan fingerprint density at radius 3 is 2.61 bits per heavy atom. The topological polar surface area (TPSA) is 90.9 Å². The number of nitrogens with zero attached hydrogens (tertiary/aromatic N) is 3. The van der Waals surface area contributed by atoms with Crippen LogP contribution in [0.2, 0.25) is 0 Å². The van der Waals surface area contributed by atoms with E-state index in [1.807, 2.05) is 26.0 Å². The van der Waals surface area contributed by atoms with E-state index >= 15 is 0 Å². The van der Waals surface area contributed by atoms with Crippen LogP contribution in [0.25, 0.3) is 0 Å². The van der Waals surface area contributed by atoms with Gasteiger partial charge in [-0.1, -0.05) is 19.9 Å². The number of amides is 1. The lowest BCUT2D eigenvalue weighted by Crippen LogP contribution is -2.46. The molecule has 0 saturated carbocycles. The molecule has 1 atom stereocenters. The summed E-state index contributed by atoms with van der Waals surface area (Å²) >= 11 is 0. The summed E-state index contributed by atoms with van der Waals surface area (Å²) in [6, 6.07) is 4.14. The first-order valence-corrected chi connectivity index (χ1v) is 11.0. The SMILES string of the molecule is CCNC(=NCC(CC(C)C)N1CCOCC1)NCCC(=O)Nc1ccc(C)cn1.I. The number of aromatic nitrogens is 1. The normalized spacial score (nSPS) is 15.8. The van der Waals surface area contributed by atoms with Crippen LogP contribution < -0.4 is 16.0 Å². The van der Waals surface area contributed by atoms with E-state index in [1.54, 1.807) is 6.20 Å². The van der Waals surface area contributed by atoms with Crippen LogP contribution >= 0.6 is 24.0 Å². The summed E-state index contributed by atoms with van der Waals surface area (Å²) in [5.74, 6) is 1.87.